The molecule has 0 bridgehead atoms. The lowest BCUT2D eigenvalue weighted by Gasteiger charge is -2.21. The van der Waals surface area contributed by atoms with Crippen LogP contribution in [0.15, 0.2) is 11.1 Å². The molecule has 2 atom stereocenters. The van der Waals surface area contributed by atoms with Gasteiger partial charge in [0.15, 0.2) is 0 Å². The molecule has 0 radical (unpaired) electrons. The van der Waals surface area contributed by atoms with Crippen molar-refractivity contribution in [2.45, 2.75) is 12.2 Å². The Kier molecular flexibility index (Phi) is 3.29. The number of ether oxygens (including phenoxy) is 1. The molecule has 0 aromatic carbocycles. The molecule has 1 aliphatic rings. The van der Waals surface area contributed by atoms with Gasteiger partial charge in [0.2, 0.25) is 5.31 Å². The molecule has 1 heterocycles. The molecule has 9 heteroatoms. The van der Waals surface area contributed by atoms with E-state index in [1.54, 1.807) is 0 Å². The summed E-state index contributed by atoms with van der Waals surface area (Å²) in [4.78, 5) is 38.9. The third-order valence-electron chi connectivity index (χ3n) is 1.75. The van der Waals surface area contributed by atoms with Gasteiger partial charge in [-0.15, -0.1) is 0 Å². The first-order valence-corrected chi connectivity index (χ1v) is 5.37. The molecule has 0 aromatic rings. The second-order valence-electron chi connectivity index (χ2n) is 2.83. The number of carbonyl (C=O) groups is 1. The minimum Gasteiger partial charge on any atom is -0.870 e. The summed E-state index contributed by atoms with van der Waals surface area (Å²) in [5, 5.41) is 27.4. The van der Waals surface area contributed by atoms with E-state index < -0.39 is 43.8 Å². The Morgan fingerprint density at radius 2 is 2.07 bits per heavy atom. The molecule has 0 saturated heterocycles. The Bertz CT molecular complexity index is 305. The van der Waals surface area contributed by atoms with E-state index in [1.807, 2.05) is 0 Å². The van der Waals surface area contributed by atoms with Gasteiger partial charge in [-0.25, -0.2) is 14.6 Å². The summed E-state index contributed by atoms with van der Waals surface area (Å²) in [7, 11) is -5.01. The standard InChI is InChI=1S/C6H9O8P/c7-1-2(8)4-3(9)5(6(10)14-4)15(11,12)13/h2,4,7-9H,1H2,(H2,11,12,13)/p-1/t2-,4+/m0/s1. The third kappa shape index (κ3) is 2.25. The summed E-state index contributed by atoms with van der Waals surface area (Å²) >= 11 is 0. The van der Waals surface area contributed by atoms with Crippen LogP contribution in [0, 0.1) is 0 Å². The quantitative estimate of drug-likeness (QED) is 0.286. The van der Waals surface area contributed by atoms with Crippen LogP contribution in [0.5, 0.6) is 0 Å². The minimum absolute atomic E-state index is 0.863. The highest BCUT2D eigenvalue weighted by Gasteiger charge is 2.45. The van der Waals surface area contributed by atoms with Gasteiger partial charge in [0.05, 0.1) is 6.61 Å². The highest BCUT2D eigenvalue weighted by Crippen LogP contribution is 2.53. The van der Waals surface area contributed by atoms with E-state index in [2.05, 4.69) is 4.74 Å². The van der Waals surface area contributed by atoms with Crippen LogP contribution >= 0.6 is 7.94 Å². The second-order valence-corrected chi connectivity index (χ2v) is 4.37. The maximum Gasteiger partial charge on any atom is 0.378 e. The predicted octanol–water partition coefficient (Wildman–Crippen LogP) is -4.06. The summed E-state index contributed by atoms with van der Waals surface area (Å²) in [6, 6.07) is 0. The molecule has 1 aliphatic heterocycles. The Morgan fingerprint density at radius 1 is 1.53 bits per heavy atom. The summed E-state index contributed by atoms with van der Waals surface area (Å²) < 4.78 is 4.24. The smallest absolute Gasteiger partial charge is 0.378 e. The molecule has 0 spiro atoms. The van der Waals surface area contributed by atoms with Crippen LogP contribution in [0.4, 0.5) is 0 Å². The van der Waals surface area contributed by atoms with Crippen molar-refractivity contribution in [3.8, 4) is 0 Å². The fourth-order valence-corrected chi connectivity index (χ4v) is 1.78. The average Bonchev–Trinajstić information content (AvgIpc) is 2.39. The van der Waals surface area contributed by atoms with Crippen molar-refractivity contribution >= 4 is 13.9 Å². The van der Waals surface area contributed by atoms with Gasteiger partial charge < -0.3 is 24.9 Å². The maximum atomic E-state index is 11.2. The van der Waals surface area contributed by atoms with E-state index in [4.69, 9.17) is 20.0 Å². The monoisotopic (exact) mass is 239 g/mol. The third-order valence-corrected chi connectivity index (χ3v) is 2.73. The number of aliphatic hydroxyl groups is 2. The fraction of sp³-hybridized carbons (Fsp3) is 0.500. The van der Waals surface area contributed by atoms with Gasteiger partial charge in [0.25, 0.3) is 7.94 Å². The highest BCUT2D eigenvalue weighted by molar-refractivity contribution is 7.63. The maximum absolute atomic E-state index is 11.2. The molecule has 0 aromatic heterocycles. The number of carbonyl (C=O) groups excluding carboxylic acids is 1. The summed E-state index contributed by atoms with van der Waals surface area (Å²) in [6.45, 7) is -0.863. The first-order valence-electron chi connectivity index (χ1n) is 3.76. The van der Waals surface area contributed by atoms with Crippen molar-refractivity contribution < 1.29 is 39.5 Å². The van der Waals surface area contributed by atoms with Crippen molar-refractivity contribution in [1.29, 1.82) is 0 Å². The Hall–Kier alpha value is -0.760. The van der Waals surface area contributed by atoms with E-state index in [0.29, 0.717) is 0 Å². The topological polar surface area (TPSA) is 153 Å². The molecule has 1 rings (SSSR count). The van der Waals surface area contributed by atoms with Crippen LogP contribution in [-0.4, -0.2) is 44.8 Å². The molecule has 86 valence electrons. The van der Waals surface area contributed by atoms with E-state index in [0.717, 1.165) is 0 Å². The van der Waals surface area contributed by atoms with Crippen molar-refractivity contribution in [3.63, 3.8) is 0 Å². The number of esters is 1. The Labute approximate surface area is 84.3 Å². The van der Waals surface area contributed by atoms with Crippen LogP contribution in [0.25, 0.3) is 0 Å². The average molecular weight is 239 g/mol. The number of cyclic esters (lactones) is 1. The van der Waals surface area contributed by atoms with Crippen LogP contribution in [0.2, 0.25) is 0 Å². The first kappa shape index (κ1) is 12.3. The van der Waals surface area contributed by atoms with Crippen LogP contribution in [0.3, 0.4) is 0 Å². The van der Waals surface area contributed by atoms with Gasteiger partial charge in [-0.3, -0.25) is 0 Å². The van der Waals surface area contributed by atoms with Crippen molar-refractivity contribution in [2.75, 3.05) is 6.61 Å². The predicted molar refractivity (Wildman–Crippen MR) is 41.4 cm³/mol. The van der Waals surface area contributed by atoms with Gasteiger partial charge >= 0.3 is 5.97 Å². The molecule has 0 aliphatic carbocycles. The number of hydrogen-bond acceptors (Lipinski definition) is 8. The zero-order valence-corrected chi connectivity index (χ0v) is 8.13. The molecule has 8 nitrogen and oxygen atoms in total. The number of aliphatic hydroxyl groups excluding tert-OH is 2. The molecule has 4 N–H and O–H groups in total. The number of hydrogen-bond donors (Lipinski definition) is 4. The van der Waals surface area contributed by atoms with Crippen LogP contribution < -0.4 is 10.00 Å². The zero-order chi connectivity index (χ0) is 11.8. The number of rotatable bonds is 3. The van der Waals surface area contributed by atoms with Crippen molar-refractivity contribution in [2.24, 2.45) is 0 Å². The zero-order valence-electron chi connectivity index (χ0n) is 7.23. The lowest BCUT2D eigenvalue weighted by molar-refractivity contribution is -0.322. The molecule has 0 amide bonds. The van der Waals surface area contributed by atoms with Gasteiger partial charge in [0, 0.05) is 0 Å². The molecule has 15 heavy (non-hydrogen) atoms. The lowest BCUT2D eigenvalue weighted by atomic mass is 10.2. The Morgan fingerprint density at radius 3 is 2.40 bits per heavy atom. The van der Waals surface area contributed by atoms with Crippen molar-refractivity contribution in [1.82, 2.24) is 0 Å². The van der Waals surface area contributed by atoms with E-state index in [9.17, 15) is 14.8 Å². The van der Waals surface area contributed by atoms with Crippen LogP contribution in [0.1, 0.15) is 0 Å². The van der Waals surface area contributed by atoms with Gasteiger partial charge in [-0.05, 0) is 5.76 Å². The van der Waals surface area contributed by atoms with Crippen LogP contribution in [-0.2, 0) is 9.53 Å². The Balaban J connectivity index is 3.04. The summed E-state index contributed by atoms with van der Waals surface area (Å²) in [5.41, 5.74) is 0. The second kappa shape index (κ2) is 4.01. The summed E-state index contributed by atoms with van der Waals surface area (Å²) in [5.74, 6) is -2.76. The molecule has 0 saturated carbocycles. The lowest BCUT2D eigenvalue weighted by Crippen LogP contribution is -2.35. The van der Waals surface area contributed by atoms with E-state index in [1.165, 1.54) is 0 Å². The van der Waals surface area contributed by atoms with Crippen molar-refractivity contribution in [3.05, 3.63) is 11.1 Å². The molecule has 0 unspecified atom stereocenters. The fourth-order valence-electron chi connectivity index (χ4n) is 1.07. The van der Waals surface area contributed by atoms with E-state index in [-0.39, 0.29) is 0 Å². The normalized spacial score (nSPS) is 24.3. The highest BCUT2D eigenvalue weighted by atomic mass is 31.2. The molecule has 0 fully saturated rings. The van der Waals surface area contributed by atoms with Gasteiger partial charge in [0.1, 0.15) is 12.2 Å². The summed E-state index contributed by atoms with van der Waals surface area (Å²) in [6.07, 6.45) is -3.43. The first-order chi connectivity index (χ1) is 6.79. The minimum atomic E-state index is -5.01. The molecular weight excluding hydrogens is 231 g/mol. The van der Waals surface area contributed by atoms with Gasteiger partial charge in [-0.2, -0.15) is 0 Å². The SMILES string of the molecule is O=C1O[C@H]([C@@H](O)CO)C([O-])=C1[P+]([O-])(O)O. The largest absolute Gasteiger partial charge is 0.870 e. The van der Waals surface area contributed by atoms with E-state index >= 15 is 0 Å². The van der Waals surface area contributed by atoms with Gasteiger partial charge in [-0.1, -0.05) is 0 Å². The molecular formula is C6H8O8P-.